The Kier molecular flexibility index (Phi) is 6.98. The molecule has 2 unspecified atom stereocenters. The van der Waals surface area contributed by atoms with Crippen molar-refractivity contribution in [1.29, 1.82) is 0 Å². The number of amides is 1. The number of aliphatic hydroxyl groups is 1. The summed E-state index contributed by atoms with van der Waals surface area (Å²) in [6.07, 6.45) is 0.633. The number of aromatic amines is 1. The van der Waals surface area contributed by atoms with E-state index >= 15 is 0 Å². The minimum atomic E-state index is -3.79. The Bertz CT molecular complexity index is 1640. The van der Waals surface area contributed by atoms with Crippen LogP contribution in [0.3, 0.4) is 0 Å². The maximum Gasteiger partial charge on any atom is 0.255 e. The summed E-state index contributed by atoms with van der Waals surface area (Å²) < 4.78 is 24.8. The van der Waals surface area contributed by atoms with Crippen LogP contribution in [0.2, 0.25) is 0 Å². The highest BCUT2D eigenvalue weighted by Crippen LogP contribution is 2.28. The third-order valence-corrected chi connectivity index (χ3v) is 8.74. The number of phenols is 1. The van der Waals surface area contributed by atoms with E-state index in [9.17, 15) is 28.2 Å². The molecule has 9 nitrogen and oxygen atoms in total. The number of para-hydroxylation sites is 1. The van der Waals surface area contributed by atoms with E-state index in [1.165, 1.54) is 31.3 Å². The predicted molar refractivity (Wildman–Crippen MR) is 142 cm³/mol. The Morgan fingerprint density at radius 3 is 2.49 bits per heavy atom. The van der Waals surface area contributed by atoms with Gasteiger partial charge in [-0.15, -0.1) is 0 Å². The standard InChI is InChI=1S/C27H29N3O6S/c1-17-12-20-13-18(8-9-22(20)29-17)19-10-11-30(24(32)14-19)25(33)15-27(2,37(3,35)36)16-28-26(34)21-6-4-5-7-23(21)31/h4-14,25,29,31,33H,15-16H2,1-3H3,(H,28,34). The molecule has 0 aliphatic carbocycles. The van der Waals surface area contributed by atoms with Crippen molar-refractivity contribution < 1.29 is 23.4 Å². The monoisotopic (exact) mass is 523 g/mol. The molecule has 10 heteroatoms. The SMILES string of the molecule is Cc1cc2cc(-c3ccn(C(O)CC(C)(CNC(=O)c4ccccc4O)S(C)(=O)=O)c(=O)c3)ccc2[nH]1. The average molecular weight is 524 g/mol. The molecule has 1 amide bonds. The number of aromatic hydroxyl groups is 1. The van der Waals surface area contributed by atoms with E-state index in [0.717, 1.165) is 33.0 Å². The number of hydrogen-bond acceptors (Lipinski definition) is 6. The maximum absolute atomic E-state index is 12.9. The van der Waals surface area contributed by atoms with Crippen LogP contribution in [0.4, 0.5) is 0 Å². The van der Waals surface area contributed by atoms with E-state index in [1.807, 2.05) is 31.2 Å². The van der Waals surface area contributed by atoms with Gasteiger partial charge in [0.2, 0.25) is 0 Å². The highest BCUT2D eigenvalue weighted by atomic mass is 32.2. The number of nitrogens with zero attached hydrogens (tertiary/aromatic N) is 1. The smallest absolute Gasteiger partial charge is 0.255 e. The van der Waals surface area contributed by atoms with E-state index in [2.05, 4.69) is 10.3 Å². The Labute approximate surface area is 214 Å². The van der Waals surface area contributed by atoms with Gasteiger partial charge >= 0.3 is 0 Å². The maximum atomic E-state index is 12.9. The molecule has 0 aliphatic rings. The van der Waals surface area contributed by atoms with Gasteiger partial charge < -0.3 is 20.5 Å². The quantitative estimate of drug-likeness (QED) is 0.280. The fourth-order valence-electron chi connectivity index (χ4n) is 4.24. The number of carbonyl (C=O) groups excluding carboxylic acids is 1. The Balaban J connectivity index is 1.54. The molecule has 0 radical (unpaired) electrons. The van der Waals surface area contributed by atoms with Gasteiger partial charge in [0.1, 0.15) is 12.0 Å². The molecular weight excluding hydrogens is 494 g/mol. The van der Waals surface area contributed by atoms with Crippen LogP contribution < -0.4 is 10.9 Å². The number of aryl methyl sites for hydroxylation is 1. The molecular formula is C27H29N3O6S. The summed E-state index contributed by atoms with van der Waals surface area (Å²) in [4.78, 5) is 28.7. The first-order valence-electron chi connectivity index (χ1n) is 11.6. The molecule has 0 spiro atoms. The average Bonchev–Trinajstić information content (AvgIpc) is 3.21. The first-order chi connectivity index (χ1) is 17.4. The van der Waals surface area contributed by atoms with Gasteiger partial charge in [-0.25, -0.2) is 8.42 Å². The number of aliphatic hydroxyl groups excluding tert-OH is 1. The Hall–Kier alpha value is -3.89. The number of nitrogens with one attached hydrogen (secondary N) is 2. The normalized spacial score (nSPS) is 14.3. The minimum absolute atomic E-state index is 0.00121. The van der Waals surface area contributed by atoms with Crippen molar-refractivity contribution >= 4 is 26.6 Å². The van der Waals surface area contributed by atoms with Gasteiger partial charge in [0.25, 0.3) is 11.5 Å². The summed E-state index contributed by atoms with van der Waals surface area (Å²) >= 11 is 0. The molecule has 0 bridgehead atoms. The lowest BCUT2D eigenvalue weighted by Crippen LogP contribution is -2.48. The second-order valence-corrected chi connectivity index (χ2v) is 12.1. The van der Waals surface area contributed by atoms with E-state index < -0.39 is 32.3 Å². The van der Waals surface area contributed by atoms with Gasteiger partial charge in [-0.05, 0) is 61.4 Å². The molecule has 0 aliphatic heterocycles. The van der Waals surface area contributed by atoms with E-state index in [4.69, 9.17) is 0 Å². The van der Waals surface area contributed by atoms with Gasteiger partial charge in [0, 0.05) is 48.1 Å². The summed E-state index contributed by atoms with van der Waals surface area (Å²) in [5.41, 5.74) is 3.01. The van der Waals surface area contributed by atoms with Crippen molar-refractivity contribution in [3.8, 4) is 16.9 Å². The van der Waals surface area contributed by atoms with Crippen molar-refractivity contribution in [3.05, 3.63) is 88.5 Å². The van der Waals surface area contributed by atoms with Gasteiger partial charge in [-0.1, -0.05) is 18.2 Å². The summed E-state index contributed by atoms with van der Waals surface area (Å²) in [5, 5.41) is 24.3. The van der Waals surface area contributed by atoms with Crippen LogP contribution in [0.5, 0.6) is 5.75 Å². The molecule has 0 saturated carbocycles. The number of fused-ring (bicyclic) bond motifs is 1. The second kappa shape index (κ2) is 9.87. The topological polar surface area (TPSA) is 141 Å². The molecule has 2 heterocycles. The van der Waals surface area contributed by atoms with Gasteiger partial charge in [0.15, 0.2) is 9.84 Å². The van der Waals surface area contributed by atoms with E-state index in [1.54, 1.807) is 18.2 Å². The molecule has 2 atom stereocenters. The number of aromatic nitrogens is 2. The zero-order chi connectivity index (χ0) is 27.0. The number of benzene rings is 2. The van der Waals surface area contributed by atoms with Crippen LogP contribution >= 0.6 is 0 Å². The molecule has 4 N–H and O–H groups in total. The van der Waals surface area contributed by atoms with Crippen LogP contribution in [0.25, 0.3) is 22.0 Å². The zero-order valence-electron chi connectivity index (χ0n) is 20.7. The summed E-state index contributed by atoms with van der Waals surface area (Å²) in [7, 11) is -3.79. The first kappa shape index (κ1) is 26.2. The van der Waals surface area contributed by atoms with Crippen LogP contribution in [0.15, 0.2) is 71.7 Å². The second-order valence-electron chi connectivity index (χ2n) is 9.52. The van der Waals surface area contributed by atoms with E-state index in [-0.39, 0.29) is 24.3 Å². The molecule has 37 heavy (non-hydrogen) atoms. The first-order valence-corrected chi connectivity index (χ1v) is 13.5. The third kappa shape index (κ3) is 5.45. The fourth-order valence-corrected chi connectivity index (χ4v) is 5.03. The minimum Gasteiger partial charge on any atom is -0.507 e. The van der Waals surface area contributed by atoms with Crippen molar-refractivity contribution in [2.24, 2.45) is 0 Å². The van der Waals surface area contributed by atoms with Crippen LogP contribution in [0.1, 0.15) is 35.6 Å². The number of H-pyrrole nitrogens is 1. The number of sulfone groups is 1. The summed E-state index contributed by atoms with van der Waals surface area (Å²) in [6.45, 7) is 3.02. The van der Waals surface area contributed by atoms with Gasteiger partial charge in [-0.2, -0.15) is 0 Å². The van der Waals surface area contributed by atoms with Crippen molar-refractivity contribution in [3.63, 3.8) is 0 Å². The Morgan fingerprint density at radius 1 is 1.11 bits per heavy atom. The van der Waals surface area contributed by atoms with Crippen molar-refractivity contribution in [2.75, 3.05) is 12.8 Å². The summed E-state index contributed by atoms with van der Waals surface area (Å²) in [6, 6.07) is 16.8. The number of hydrogen-bond donors (Lipinski definition) is 4. The highest BCUT2D eigenvalue weighted by molar-refractivity contribution is 7.92. The molecule has 0 saturated heterocycles. The number of phenolic OH excluding ortho intramolecular Hbond substituents is 1. The number of carbonyl (C=O) groups is 1. The van der Waals surface area contributed by atoms with Crippen molar-refractivity contribution in [2.45, 2.75) is 31.2 Å². The van der Waals surface area contributed by atoms with E-state index in [0.29, 0.717) is 5.56 Å². The lowest BCUT2D eigenvalue weighted by molar-refractivity contribution is 0.0767. The lowest BCUT2D eigenvalue weighted by Gasteiger charge is -2.30. The molecule has 4 aromatic rings. The number of pyridine rings is 1. The molecule has 0 fully saturated rings. The largest absolute Gasteiger partial charge is 0.507 e. The van der Waals surface area contributed by atoms with Gasteiger partial charge in [-0.3, -0.25) is 14.2 Å². The molecule has 194 valence electrons. The molecule has 2 aromatic heterocycles. The van der Waals surface area contributed by atoms with Gasteiger partial charge in [0.05, 0.1) is 10.3 Å². The number of rotatable bonds is 8. The van der Waals surface area contributed by atoms with Crippen LogP contribution in [-0.4, -0.2) is 51.6 Å². The third-order valence-electron chi connectivity index (χ3n) is 6.64. The van der Waals surface area contributed by atoms with Crippen molar-refractivity contribution in [1.82, 2.24) is 14.9 Å². The molecule has 4 rings (SSSR count). The molecule has 2 aromatic carbocycles. The lowest BCUT2D eigenvalue weighted by atomic mass is 10.0. The van der Waals surface area contributed by atoms with Crippen LogP contribution in [0, 0.1) is 6.92 Å². The Morgan fingerprint density at radius 2 is 1.81 bits per heavy atom. The highest BCUT2D eigenvalue weighted by Gasteiger charge is 2.39. The summed E-state index contributed by atoms with van der Waals surface area (Å²) in [5.74, 6) is -0.892. The predicted octanol–water partition coefficient (Wildman–Crippen LogP) is 3.12. The zero-order valence-corrected chi connectivity index (χ0v) is 21.5. The van der Waals surface area contributed by atoms with Crippen LogP contribution in [-0.2, 0) is 9.84 Å². The fraction of sp³-hybridized carbons (Fsp3) is 0.259.